The van der Waals surface area contributed by atoms with Crippen LogP contribution in [0.2, 0.25) is 0 Å². The first-order valence-electron chi connectivity index (χ1n) is 4.88. The number of anilines is 2. The van der Waals surface area contributed by atoms with E-state index in [0.29, 0.717) is 10.2 Å². The SMILES string of the molecule is N#Cc1cc(Nc2ncc(Br)cc2F)ccc1F. The summed E-state index contributed by atoms with van der Waals surface area (Å²) in [6.07, 6.45) is 1.43. The summed E-state index contributed by atoms with van der Waals surface area (Å²) in [5.41, 5.74) is 0.277. The third kappa shape index (κ3) is 2.63. The van der Waals surface area contributed by atoms with Crippen molar-refractivity contribution in [2.75, 3.05) is 5.32 Å². The lowest BCUT2D eigenvalue weighted by Gasteiger charge is -2.07. The van der Waals surface area contributed by atoms with E-state index in [0.717, 1.165) is 6.07 Å². The number of nitrogens with one attached hydrogen (secondary N) is 1. The van der Waals surface area contributed by atoms with Gasteiger partial charge in [0, 0.05) is 16.4 Å². The van der Waals surface area contributed by atoms with E-state index in [1.54, 1.807) is 6.07 Å². The smallest absolute Gasteiger partial charge is 0.166 e. The van der Waals surface area contributed by atoms with Crippen LogP contribution in [-0.4, -0.2) is 4.98 Å². The fourth-order valence-electron chi connectivity index (χ4n) is 1.33. The molecule has 2 rings (SSSR count). The highest BCUT2D eigenvalue weighted by Crippen LogP contribution is 2.21. The molecule has 3 nitrogen and oxygen atoms in total. The predicted molar refractivity (Wildman–Crippen MR) is 66.3 cm³/mol. The van der Waals surface area contributed by atoms with E-state index >= 15 is 0 Å². The molecule has 0 atom stereocenters. The minimum Gasteiger partial charge on any atom is -0.338 e. The molecule has 2 aromatic rings. The topological polar surface area (TPSA) is 48.7 Å². The zero-order valence-corrected chi connectivity index (χ0v) is 10.5. The van der Waals surface area contributed by atoms with Gasteiger partial charge >= 0.3 is 0 Å². The molecule has 0 radical (unpaired) electrons. The van der Waals surface area contributed by atoms with Crippen LogP contribution in [-0.2, 0) is 0 Å². The van der Waals surface area contributed by atoms with Crippen molar-refractivity contribution in [2.45, 2.75) is 0 Å². The van der Waals surface area contributed by atoms with Gasteiger partial charge in [0.1, 0.15) is 11.9 Å². The molecule has 1 aromatic carbocycles. The van der Waals surface area contributed by atoms with Crippen molar-refractivity contribution >= 4 is 27.4 Å². The summed E-state index contributed by atoms with van der Waals surface area (Å²) in [7, 11) is 0. The van der Waals surface area contributed by atoms with Gasteiger partial charge in [0.2, 0.25) is 0 Å². The van der Waals surface area contributed by atoms with Gasteiger partial charge in [-0.25, -0.2) is 13.8 Å². The number of nitrogens with zero attached hydrogens (tertiary/aromatic N) is 2. The first-order chi connectivity index (χ1) is 8.60. The monoisotopic (exact) mass is 309 g/mol. The molecular formula is C12H6BrF2N3. The van der Waals surface area contributed by atoms with E-state index in [-0.39, 0.29) is 11.4 Å². The van der Waals surface area contributed by atoms with E-state index in [1.165, 1.54) is 24.4 Å². The van der Waals surface area contributed by atoms with Crippen LogP contribution >= 0.6 is 15.9 Å². The van der Waals surface area contributed by atoms with Crippen molar-refractivity contribution < 1.29 is 8.78 Å². The summed E-state index contributed by atoms with van der Waals surface area (Å²) in [5.74, 6) is -1.16. The molecule has 18 heavy (non-hydrogen) atoms. The molecule has 0 aliphatic heterocycles. The van der Waals surface area contributed by atoms with Crippen molar-refractivity contribution in [3.8, 4) is 6.07 Å². The van der Waals surface area contributed by atoms with Gasteiger partial charge in [-0.05, 0) is 40.2 Å². The molecule has 0 saturated heterocycles. The van der Waals surface area contributed by atoms with Gasteiger partial charge in [0.15, 0.2) is 11.6 Å². The fourth-order valence-corrected chi connectivity index (χ4v) is 1.64. The van der Waals surface area contributed by atoms with E-state index in [9.17, 15) is 8.78 Å². The van der Waals surface area contributed by atoms with Crippen LogP contribution < -0.4 is 5.32 Å². The Hall–Kier alpha value is -2.00. The van der Waals surface area contributed by atoms with E-state index < -0.39 is 11.6 Å². The van der Waals surface area contributed by atoms with Crippen molar-refractivity contribution in [3.05, 3.63) is 52.1 Å². The Morgan fingerprint density at radius 3 is 2.67 bits per heavy atom. The van der Waals surface area contributed by atoms with E-state index in [4.69, 9.17) is 5.26 Å². The first kappa shape index (κ1) is 12.5. The van der Waals surface area contributed by atoms with Gasteiger partial charge in [0.05, 0.1) is 5.56 Å². The molecule has 6 heteroatoms. The second-order valence-electron chi connectivity index (χ2n) is 3.42. The van der Waals surface area contributed by atoms with Gasteiger partial charge in [0.25, 0.3) is 0 Å². The minimum atomic E-state index is -0.618. The Morgan fingerprint density at radius 1 is 1.22 bits per heavy atom. The fraction of sp³-hybridized carbons (Fsp3) is 0. The molecular weight excluding hydrogens is 304 g/mol. The maximum Gasteiger partial charge on any atom is 0.166 e. The van der Waals surface area contributed by atoms with Crippen LogP contribution in [0.25, 0.3) is 0 Å². The quantitative estimate of drug-likeness (QED) is 0.919. The third-order valence-electron chi connectivity index (χ3n) is 2.16. The Labute approximate surface area is 110 Å². The summed E-state index contributed by atoms with van der Waals surface area (Å²) < 4.78 is 27.1. The van der Waals surface area contributed by atoms with Gasteiger partial charge < -0.3 is 5.32 Å². The molecule has 0 aliphatic carbocycles. The molecule has 1 heterocycles. The molecule has 0 amide bonds. The zero-order valence-electron chi connectivity index (χ0n) is 8.92. The Morgan fingerprint density at radius 2 is 2.00 bits per heavy atom. The van der Waals surface area contributed by atoms with Crippen LogP contribution in [0, 0.1) is 23.0 Å². The molecule has 0 spiro atoms. The molecule has 0 aliphatic rings. The number of aromatic nitrogens is 1. The highest BCUT2D eigenvalue weighted by molar-refractivity contribution is 9.10. The van der Waals surface area contributed by atoms with Crippen LogP contribution in [0.4, 0.5) is 20.3 Å². The van der Waals surface area contributed by atoms with Crippen molar-refractivity contribution in [3.63, 3.8) is 0 Å². The number of benzene rings is 1. The lowest BCUT2D eigenvalue weighted by molar-refractivity contribution is 0.623. The van der Waals surface area contributed by atoms with Crippen LogP contribution in [0.15, 0.2) is 34.9 Å². The lowest BCUT2D eigenvalue weighted by Crippen LogP contribution is -1.98. The standard InChI is InChI=1S/C12H6BrF2N3/c13-8-4-11(15)12(17-6-8)18-9-1-2-10(14)7(3-9)5-16/h1-4,6H,(H,17,18). The molecule has 0 saturated carbocycles. The molecule has 0 bridgehead atoms. The molecule has 0 fully saturated rings. The van der Waals surface area contributed by atoms with Crippen molar-refractivity contribution in [1.82, 2.24) is 4.98 Å². The average molecular weight is 310 g/mol. The maximum atomic E-state index is 13.5. The zero-order chi connectivity index (χ0) is 13.1. The number of hydrogen-bond acceptors (Lipinski definition) is 3. The van der Waals surface area contributed by atoms with Crippen LogP contribution in [0.5, 0.6) is 0 Å². The number of rotatable bonds is 2. The first-order valence-corrected chi connectivity index (χ1v) is 5.67. The van der Waals surface area contributed by atoms with Gasteiger partial charge in [-0.3, -0.25) is 0 Å². The summed E-state index contributed by atoms with van der Waals surface area (Å²) in [6.45, 7) is 0. The highest BCUT2D eigenvalue weighted by Gasteiger charge is 2.07. The number of halogens is 3. The Kier molecular flexibility index (Phi) is 3.53. The number of nitriles is 1. The molecule has 1 aromatic heterocycles. The summed E-state index contributed by atoms with van der Waals surface area (Å²) in [6, 6.07) is 6.79. The Bertz CT molecular complexity index is 638. The molecule has 1 N–H and O–H groups in total. The second-order valence-corrected chi connectivity index (χ2v) is 4.33. The normalized spacial score (nSPS) is 9.89. The lowest BCUT2D eigenvalue weighted by atomic mass is 10.2. The van der Waals surface area contributed by atoms with Gasteiger partial charge in [-0.2, -0.15) is 5.26 Å². The summed E-state index contributed by atoms with van der Waals surface area (Å²) in [5, 5.41) is 11.4. The van der Waals surface area contributed by atoms with E-state index in [1.807, 2.05) is 0 Å². The predicted octanol–water partition coefficient (Wildman–Crippen LogP) is 3.74. The highest BCUT2D eigenvalue weighted by atomic mass is 79.9. The van der Waals surface area contributed by atoms with Crippen LogP contribution in [0.1, 0.15) is 5.56 Å². The van der Waals surface area contributed by atoms with E-state index in [2.05, 4.69) is 26.2 Å². The number of pyridine rings is 1. The minimum absolute atomic E-state index is 0.00805. The molecule has 0 unspecified atom stereocenters. The van der Waals surface area contributed by atoms with Crippen molar-refractivity contribution in [1.29, 1.82) is 5.26 Å². The molecule has 90 valence electrons. The number of hydrogen-bond donors (Lipinski definition) is 1. The van der Waals surface area contributed by atoms with Crippen LogP contribution in [0.3, 0.4) is 0 Å². The largest absolute Gasteiger partial charge is 0.338 e. The van der Waals surface area contributed by atoms with Crippen molar-refractivity contribution in [2.24, 2.45) is 0 Å². The summed E-state index contributed by atoms with van der Waals surface area (Å²) in [4.78, 5) is 3.84. The third-order valence-corrected chi connectivity index (χ3v) is 2.59. The van der Waals surface area contributed by atoms with Gasteiger partial charge in [-0.15, -0.1) is 0 Å². The second kappa shape index (κ2) is 5.10. The maximum absolute atomic E-state index is 13.5. The summed E-state index contributed by atoms with van der Waals surface area (Å²) >= 11 is 3.09. The Balaban J connectivity index is 2.32. The average Bonchev–Trinajstić information content (AvgIpc) is 2.35. The van der Waals surface area contributed by atoms with Gasteiger partial charge in [-0.1, -0.05) is 0 Å².